The van der Waals surface area contributed by atoms with Crippen molar-refractivity contribution in [2.75, 3.05) is 0 Å². The van der Waals surface area contributed by atoms with Gasteiger partial charge in [-0.1, -0.05) is 6.07 Å². The van der Waals surface area contributed by atoms with Crippen LogP contribution in [0.3, 0.4) is 0 Å². The molecule has 0 aromatic heterocycles. The Balaban J connectivity index is 3.30. The Kier molecular flexibility index (Phi) is 2.26. The largest absolute Gasteiger partial charge is 0.507 e. The molecule has 0 radical (unpaired) electrons. The van der Waals surface area contributed by atoms with Gasteiger partial charge in [-0.2, -0.15) is 0 Å². The van der Waals surface area contributed by atoms with E-state index in [0.29, 0.717) is 11.8 Å². The number of hydrogen-bond acceptors (Lipinski definition) is 2. The Bertz CT molecular complexity index is 238. The molecule has 0 saturated carbocycles. The molecule has 3 heteroatoms. The van der Waals surface area contributed by atoms with E-state index in [1.165, 1.54) is 6.07 Å². The molecule has 0 fully saturated rings. The fourth-order valence-corrected chi connectivity index (χ4v) is 1.25. The number of hydrogen-bond donors (Lipinski definition) is 1. The minimum atomic E-state index is 0.0434. The van der Waals surface area contributed by atoms with Crippen molar-refractivity contribution in [3.63, 3.8) is 0 Å². The number of carbonyl (C=O) groups is 1. The van der Waals surface area contributed by atoms with Crippen molar-refractivity contribution < 1.29 is 9.90 Å². The predicted molar refractivity (Wildman–Crippen MR) is 46.2 cm³/mol. The fraction of sp³-hybridized carbons (Fsp3) is 0. The summed E-state index contributed by atoms with van der Waals surface area (Å²) < 4.78 is 0.771. The first-order valence-corrected chi connectivity index (χ1v) is 3.76. The molecule has 1 N–H and O–H groups in total. The van der Waals surface area contributed by atoms with Crippen molar-refractivity contribution in [3.05, 3.63) is 27.3 Å². The third-order valence-electron chi connectivity index (χ3n) is 1.15. The number of halogens is 1. The van der Waals surface area contributed by atoms with Gasteiger partial charge in [0.2, 0.25) is 0 Å². The van der Waals surface area contributed by atoms with Crippen molar-refractivity contribution in [1.82, 2.24) is 0 Å². The topological polar surface area (TPSA) is 37.3 Å². The molecule has 10 heavy (non-hydrogen) atoms. The van der Waals surface area contributed by atoms with Gasteiger partial charge in [-0.3, -0.25) is 4.79 Å². The maximum absolute atomic E-state index is 10.3. The number of aldehydes is 1. The van der Waals surface area contributed by atoms with E-state index in [0.717, 1.165) is 3.57 Å². The van der Waals surface area contributed by atoms with Crippen LogP contribution in [0.1, 0.15) is 10.4 Å². The molecule has 0 aliphatic heterocycles. The lowest BCUT2D eigenvalue weighted by Crippen LogP contribution is -1.84. The highest BCUT2D eigenvalue weighted by Gasteiger charge is 2.01. The highest BCUT2D eigenvalue weighted by Crippen LogP contribution is 2.19. The lowest BCUT2D eigenvalue weighted by molar-refractivity contribution is 0.112. The molecule has 1 aromatic rings. The number of carbonyl (C=O) groups excluding carboxylic acids is 1. The van der Waals surface area contributed by atoms with E-state index in [4.69, 9.17) is 5.11 Å². The molecule has 0 unspecified atom stereocenters. The third kappa shape index (κ3) is 1.29. The average Bonchev–Trinajstić information content (AvgIpc) is 1.88. The lowest BCUT2D eigenvalue weighted by Gasteiger charge is -1.96. The van der Waals surface area contributed by atoms with E-state index < -0.39 is 0 Å². The molecular formula is C7H5IO2. The second kappa shape index (κ2) is 3.01. The van der Waals surface area contributed by atoms with E-state index in [9.17, 15) is 4.79 Å². The van der Waals surface area contributed by atoms with Crippen LogP contribution in [0.2, 0.25) is 0 Å². The molecule has 1 aromatic carbocycles. The molecule has 0 amide bonds. The van der Waals surface area contributed by atoms with E-state index in [1.807, 2.05) is 22.6 Å². The highest BCUT2D eigenvalue weighted by atomic mass is 127. The quantitative estimate of drug-likeness (QED) is 0.607. The maximum atomic E-state index is 10.3. The van der Waals surface area contributed by atoms with Crippen molar-refractivity contribution in [3.8, 4) is 5.75 Å². The van der Waals surface area contributed by atoms with Crippen LogP contribution >= 0.6 is 22.6 Å². The fourth-order valence-electron chi connectivity index (χ4n) is 0.642. The number of phenols is 1. The Morgan fingerprint density at radius 1 is 1.50 bits per heavy atom. The SMILES string of the molecule is O=Cc1c(O)cccc1I. The molecule has 0 atom stereocenters. The number of phenolic OH excluding ortho intramolecular Hbond substituents is 1. The van der Waals surface area contributed by atoms with Gasteiger partial charge in [0.15, 0.2) is 6.29 Å². The predicted octanol–water partition coefficient (Wildman–Crippen LogP) is 1.81. The minimum Gasteiger partial charge on any atom is -0.507 e. The molecular weight excluding hydrogens is 243 g/mol. The summed E-state index contributed by atoms with van der Waals surface area (Å²) in [7, 11) is 0. The first kappa shape index (κ1) is 7.53. The summed E-state index contributed by atoms with van der Waals surface area (Å²) in [5.74, 6) is 0.0434. The van der Waals surface area contributed by atoms with Gasteiger partial charge < -0.3 is 5.11 Å². The summed E-state index contributed by atoms with van der Waals surface area (Å²) in [6.45, 7) is 0. The second-order valence-corrected chi connectivity index (χ2v) is 2.95. The summed E-state index contributed by atoms with van der Waals surface area (Å²) in [5.41, 5.74) is 0.364. The van der Waals surface area contributed by atoms with Crippen LogP contribution in [0.4, 0.5) is 0 Å². The monoisotopic (exact) mass is 248 g/mol. The van der Waals surface area contributed by atoms with Gasteiger partial charge in [-0.15, -0.1) is 0 Å². The molecule has 0 heterocycles. The third-order valence-corrected chi connectivity index (χ3v) is 2.09. The standard InChI is InChI=1S/C7H5IO2/c8-6-2-1-3-7(10)5(6)4-9/h1-4,10H. The Labute approximate surface area is 72.0 Å². The first-order chi connectivity index (χ1) is 4.75. The summed E-state index contributed by atoms with van der Waals surface area (Å²) in [5, 5.41) is 9.06. The van der Waals surface area contributed by atoms with Crippen LogP contribution < -0.4 is 0 Å². The smallest absolute Gasteiger partial charge is 0.154 e. The summed E-state index contributed by atoms with van der Waals surface area (Å²) >= 11 is 1.99. The van der Waals surface area contributed by atoms with Crippen molar-refractivity contribution in [2.24, 2.45) is 0 Å². The molecule has 0 spiro atoms. The molecule has 2 nitrogen and oxygen atoms in total. The van der Waals surface area contributed by atoms with Crippen molar-refractivity contribution >= 4 is 28.9 Å². The van der Waals surface area contributed by atoms with Crippen LogP contribution in [0.25, 0.3) is 0 Å². The van der Waals surface area contributed by atoms with Crippen LogP contribution in [-0.4, -0.2) is 11.4 Å². The number of rotatable bonds is 1. The van der Waals surface area contributed by atoms with Crippen LogP contribution in [0, 0.1) is 3.57 Å². The Hall–Kier alpha value is -0.580. The lowest BCUT2D eigenvalue weighted by atomic mass is 10.2. The van der Waals surface area contributed by atoms with Crippen molar-refractivity contribution in [2.45, 2.75) is 0 Å². The van der Waals surface area contributed by atoms with Gasteiger partial charge in [0.05, 0.1) is 5.56 Å². The maximum Gasteiger partial charge on any atom is 0.154 e. The summed E-state index contributed by atoms with van der Waals surface area (Å²) in [4.78, 5) is 10.3. The molecule has 52 valence electrons. The van der Waals surface area contributed by atoms with Gasteiger partial charge in [0.1, 0.15) is 5.75 Å². The average molecular weight is 248 g/mol. The summed E-state index contributed by atoms with van der Waals surface area (Å²) in [6.07, 6.45) is 0.650. The highest BCUT2D eigenvalue weighted by molar-refractivity contribution is 14.1. The molecule has 0 bridgehead atoms. The van der Waals surface area contributed by atoms with Gasteiger partial charge in [-0.05, 0) is 34.7 Å². The van der Waals surface area contributed by atoms with E-state index in [2.05, 4.69) is 0 Å². The molecule has 0 saturated heterocycles. The normalized spacial score (nSPS) is 9.30. The van der Waals surface area contributed by atoms with Crippen LogP contribution in [0.15, 0.2) is 18.2 Å². The summed E-state index contributed by atoms with van der Waals surface area (Å²) in [6, 6.07) is 4.96. The van der Waals surface area contributed by atoms with E-state index in [1.54, 1.807) is 12.1 Å². The molecule has 0 aliphatic rings. The van der Waals surface area contributed by atoms with E-state index in [-0.39, 0.29) is 5.75 Å². The van der Waals surface area contributed by atoms with Crippen LogP contribution in [-0.2, 0) is 0 Å². The first-order valence-electron chi connectivity index (χ1n) is 2.68. The molecule has 0 aliphatic carbocycles. The van der Waals surface area contributed by atoms with Gasteiger partial charge in [0, 0.05) is 3.57 Å². The van der Waals surface area contributed by atoms with Gasteiger partial charge in [-0.25, -0.2) is 0 Å². The minimum absolute atomic E-state index is 0.0434. The zero-order valence-corrected chi connectivity index (χ0v) is 7.20. The zero-order valence-electron chi connectivity index (χ0n) is 5.04. The second-order valence-electron chi connectivity index (χ2n) is 1.79. The van der Waals surface area contributed by atoms with Gasteiger partial charge in [0.25, 0.3) is 0 Å². The van der Waals surface area contributed by atoms with Crippen LogP contribution in [0.5, 0.6) is 5.75 Å². The Morgan fingerprint density at radius 2 is 2.20 bits per heavy atom. The Morgan fingerprint density at radius 3 is 2.60 bits per heavy atom. The number of benzene rings is 1. The zero-order chi connectivity index (χ0) is 7.56. The van der Waals surface area contributed by atoms with Crippen molar-refractivity contribution in [1.29, 1.82) is 0 Å². The van der Waals surface area contributed by atoms with Gasteiger partial charge >= 0.3 is 0 Å². The molecule has 1 rings (SSSR count). The van der Waals surface area contributed by atoms with E-state index >= 15 is 0 Å². The number of aromatic hydroxyl groups is 1.